The third-order valence-electron chi connectivity index (χ3n) is 4.65. The van der Waals surface area contributed by atoms with E-state index in [1.165, 1.54) is 0 Å². The van der Waals surface area contributed by atoms with Gasteiger partial charge in [0.1, 0.15) is 5.82 Å². The van der Waals surface area contributed by atoms with Gasteiger partial charge < -0.3 is 4.57 Å². The molecule has 0 amide bonds. The maximum atomic E-state index is 12.6. The van der Waals surface area contributed by atoms with Gasteiger partial charge in [-0.2, -0.15) is 0 Å². The van der Waals surface area contributed by atoms with E-state index < -0.39 is 10.0 Å². The first kappa shape index (κ1) is 18.4. The number of hydrogen-bond acceptors (Lipinski definition) is 3. The molecule has 5 nitrogen and oxygen atoms in total. The van der Waals surface area contributed by atoms with Crippen molar-refractivity contribution in [2.24, 2.45) is 0 Å². The van der Waals surface area contributed by atoms with Crippen molar-refractivity contribution in [2.75, 3.05) is 6.54 Å². The van der Waals surface area contributed by atoms with Crippen LogP contribution in [0.15, 0.2) is 90.1 Å². The lowest BCUT2D eigenvalue weighted by atomic mass is 10.1. The van der Waals surface area contributed by atoms with Crippen LogP contribution in [0, 0.1) is 0 Å². The SMILES string of the molecule is O=S(=O)(NCCCn1ccnc1-c1ccccc1)c1ccc2ccccc2c1. The fourth-order valence-corrected chi connectivity index (χ4v) is 4.32. The highest BCUT2D eigenvalue weighted by Crippen LogP contribution is 2.19. The van der Waals surface area contributed by atoms with E-state index in [1.807, 2.05) is 71.4 Å². The minimum atomic E-state index is -3.53. The van der Waals surface area contributed by atoms with Gasteiger partial charge in [-0.1, -0.05) is 60.7 Å². The van der Waals surface area contributed by atoms with E-state index in [9.17, 15) is 8.42 Å². The Balaban J connectivity index is 1.39. The molecule has 0 aliphatic rings. The summed E-state index contributed by atoms with van der Waals surface area (Å²) < 4.78 is 29.9. The Morgan fingerprint density at radius 3 is 2.46 bits per heavy atom. The number of nitrogens with zero attached hydrogens (tertiary/aromatic N) is 2. The Kier molecular flexibility index (Phi) is 5.23. The molecule has 0 radical (unpaired) electrons. The van der Waals surface area contributed by atoms with E-state index in [0.717, 1.165) is 22.2 Å². The molecule has 0 spiro atoms. The quantitative estimate of drug-likeness (QED) is 0.483. The Bertz CT molecular complexity index is 1180. The Morgan fingerprint density at radius 2 is 1.64 bits per heavy atom. The van der Waals surface area contributed by atoms with Gasteiger partial charge in [0.05, 0.1) is 4.90 Å². The summed E-state index contributed by atoms with van der Waals surface area (Å²) in [4.78, 5) is 4.71. The van der Waals surface area contributed by atoms with Gasteiger partial charge in [-0.3, -0.25) is 0 Å². The first-order chi connectivity index (χ1) is 13.6. The molecule has 0 aliphatic carbocycles. The summed E-state index contributed by atoms with van der Waals surface area (Å²) >= 11 is 0. The van der Waals surface area contributed by atoms with E-state index in [0.29, 0.717) is 24.4 Å². The van der Waals surface area contributed by atoms with Crippen LogP contribution in [0.2, 0.25) is 0 Å². The smallest absolute Gasteiger partial charge is 0.240 e. The number of imidazole rings is 1. The summed E-state index contributed by atoms with van der Waals surface area (Å²) in [5.41, 5.74) is 1.05. The van der Waals surface area contributed by atoms with Crippen molar-refractivity contribution in [3.8, 4) is 11.4 Å². The van der Waals surface area contributed by atoms with Crippen LogP contribution >= 0.6 is 0 Å². The molecular formula is C22H21N3O2S. The predicted octanol–water partition coefficient (Wildman–Crippen LogP) is 4.07. The molecule has 1 heterocycles. The molecule has 6 heteroatoms. The number of sulfonamides is 1. The number of nitrogens with one attached hydrogen (secondary N) is 1. The highest BCUT2D eigenvalue weighted by atomic mass is 32.2. The normalized spacial score (nSPS) is 11.7. The maximum absolute atomic E-state index is 12.6. The Hall–Kier alpha value is -2.96. The lowest BCUT2D eigenvalue weighted by molar-refractivity contribution is 0.570. The van der Waals surface area contributed by atoms with Crippen LogP contribution in [0.5, 0.6) is 0 Å². The maximum Gasteiger partial charge on any atom is 0.240 e. The summed E-state index contributed by atoms with van der Waals surface area (Å²) in [7, 11) is -3.53. The van der Waals surface area contributed by atoms with E-state index in [1.54, 1.807) is 18.3 Å². The van der Waals surface area contributed by atoms with Gasteiger partial charge in [-0.25, -0.2) is 18.1 Å². The van der Waals surface area contributed by atoms with Crippen molar-refractivity contribution in [3.63, 3.8) is 0 Å². The summed E-state index contributed by atoms with van der Waals surface area (Å²) in [6, 6.07) is 22.9. The van der Waals surface area contributed by atoms with Crippen molar-refractivity contribution < 1.29 is 8.42 Å². The molecule has 0 aliphatic heterocycles. The third kappa shape index (κ3) is 3.98. The molecule has 28 heavy (non-hydrogen) atoms. The van der Waals surface area contributed by atoms with E-state index in [-0.39, 0.29) is 0 Å². The summed E-state index contributed by atoms with van der Waals surface area (Å²) in [5, 5.41) is 1.94. The van der Waals surface area contributed by atoms with Crippen LogP contribution in [-0.4, -0.2) is 24.5 Å². The molecule has 4 aromatic rings. The first-order valence-corrected chi connectivity index (χ1v) is 10.7. The highest BCUT2D eigenvalue weighted by Gasteiger charge is 2.14. The second kappa shape index (κ2) is 7.96. The zero-order valence-electron chi connectivity index (χ0n) is 15.3. The van der Waals surface area contributed by atoms with Gasteiger partial charge in [0.15, 0.2) is 0 Å². The number of benzene rings is 3. The summed E-state index contributed by atoms with van der Waals surface area (Å²) in [5.74, 6) is 0.887. The van der Waals surface area contributed by atoms with Crippen LogP contribution in [-0.2, 0) is 16.6 Å². The Labute approximate surface area is 164 Å². The van der Waals surface area contributed by atoms with Crippen LogP contribution in [0.4, 0.5) is 0 Å². The van der Waals surface area contributed by atoms with Gasteiger partial charge in [0.2, 0.25) is 10.0 Å². The molecule has 142 valence electrons. The van der Waals surface area contributed by atoms with Crippen LogP contribution in [0.3, 0.4) is 0 Å². The van der Waals surface area contributed by atoms with Gasteiger partial charge in [0.25, 0.3) is 0 Å². The molecule has 1 N–H and O–H groups in total. The van der Waals surface area contributed by atoms with E-state index in [4.69, 9.17) is 0 Å². The molecule has 0 bridgehead atoms. The van der Waals surface area contributed by atoms with E-state index in [2.05, 4.69) is 9.71 Å². The minimum absolute atomic E-state index is 0.291. The molecule has 0 fully saturated rings. The fourth-order valence-electron chi connectivity index (χ4n) is 3.21. The predicted molar refractivity (Wildman–Crippen MR) is 111 cm³/mol. The van der Waals surface area contributed by atoms with Crippen LogP contribution in [0.25, 0.3) is 22.2 Å². The average Bonchev–Trinajstić information content (AvgIpc) is 3.20. The van der Waals surface area contributed by atoms with Crippen LogP contribution in [0.1, 0.15) is 6.42 Å². The molecule has 0 atom stereocenters. The molecule has 4 rings (SSSR count). The highest BCUT2D eigenvalue weighted by molar-refractivity contribution is 7.89. The summed E-state index contributed by atoms with van der Waals surface area (Å²) in [6.07, 6.45) is 4.35. The zero-order valence-corrected chi connectivity index (χ0v) is 16.1. The number of rotatable bonds is 7. The lowest BCUT2D eigenvalue weighted by Crippen LogP contribution is -2.25. The molecule has 0 unspecified atom stereocenters. The van der Waals surface area contributed by atoms with Crippen molar-refractivity contribution >= 4 is 20.8 Å². The van der Waals surface area contributed by atoms with Gasteiger partial charge >= 0.3 is 0 Å². The van der Waals surface area contributed by atoms with E-state index >= 15 is 0 Å². The van der Waals surface area contributed by atoms with Gasteiger partial charge in [-0.05, 0) is 29.3 Å². The molecule has 1 aromatic heterocycles. The average molecular weight is 391 g/mol. The minimum Gasteiger partial charge on any atom is -0.331 e. The zero-order chi connectivity index (χ0) is 19.4. The molecular weight excluding hydrogens is 370 g/mol. The first-order valence-electron chi connectivity index (χ1n) is 9.18. The second-order valence-electron chi connectivity index (χ2n) is 6.57. The third-order valence-corrected chi connectivity index (χ3v) is 6.11. The fraction of sp³-hybridized carbons (Fsp3) is 0.136. The molecule has 0 saturated heterocycles. The van der Waals surface area contributed by atoms with Crippen molar-refractivity contribution in [3.05, 3.63) is 85.2 Å². The molecule has 0 saturated carbocycles. The largest absolute Gasteiger partial charge is 0.331 e. The topological polar surface area (TPSA) is 64.0 Å². The Morgan fingerprint density at radius 1 is 0.893 bits per heavy atom. The number of hydrogen-bond donors (Lipinski definition) is 1. The van der Waals surface area contributed by atoms with Crippen molar-refractivity contribution in [1.29, 1.82) is 0 Å². The molecule has 3 aromatic carbocycles. The number of fused-ring (bicyclic) bond motifs is 1. The second-order valence-corrected chi connectivity index (χ2v) is 8.34. The van der Waals surface area contributed by atoms with Gasteiger partial charge in [-0.15, -0.1) is 0 Å². The standard InChI is InChI=1S/C22H21N3O2S/c26-28(27,21-12-11-18-7-4-5-10-20(18)17-21)24-13-6-15-25-16-14-23-22(25)19-8-2-1-3-9-19/h1-5,7-12,14,16-17,24H,6,13,15H2. The monoisotopic (exact) mass is 391 g/mol. The summed E-state index contributed by atoms with van der Waals surface area (Å²) in [6.45, 7) is 1.05. The lowest BCUT2D eigenvalue weighted by Gasteiger charge is -2.10. The number of aryl methyl sites for hydroxylation is 1. The number of aromatic nitrogens is 2. The van der Waals surface area contributed by atoms with Gasteiger partial charge in [0, 0.05) is 31.0 Å². The van der Waals surface area contributed by atoms with Crippen molar-refractivity contribution in [1.82, 2.24) is 14.3 Å². The van der Waals surface area contributed by atoms with Crippen molar-refractivity contribution in [2.45, 2.75) is 17.9 Å². The van der Waals surface area contributed by atoms with Crippen LogP contribution < -0.4 is 4.72 Å².